The second-order valence-electron chi connectivity index (χ2n) is 3.81. The van der Waals surface area contributed by atoms with Crippen LogP contribution < -0.4 is 0 Å². The van der Waals surface area contributed by atoms with Crippen LogP contribution in [0.5, 0.6) is 0 Å². The van der Waals surface area contributed by atoms with E-state index >= 15 is 0 Å². The van der Waals surface area contributed by atoms with Crippen LogP contribution in [0.3, 0.4) is 0 Å². The number of thiophene rings is 1. The van der Waals surface area contributed by atoms with Gasteiger partial charge in [0.05, 0.1) is 15.9 Å². The van der Waals surface area contributed by atoms with Crippen molar-refractivity contribution >= 4 is 39.2 Å². The molecule has 0 spiro atoms. The lowest BCUT2D eigenvalue weighted by Gasteiger charge is -1.99. The zero-order valence-electron chi connectivity index (χ0n) is 9.66. The van der Waals surface area contributed by atoms with Gasteiger partial charge in [-0.3, -0.25) is 4.79 Å². The summed E-state index contributed by atoms with van der Waals surface area (Å²) < 4.78 is 1.95. The highest BCUT2D eigenvalue weighted by atomic mass is 32.2. The molecule has 3 nitrogen and oxygen atoms in total. The van der Waals surface area contributed by atoms with E-state index in [1.807, 2.05) is 53.4 Å². The normalized spacial score (nSPS) is 10.9. The van der Waals surface area contributed by atoms with Gasteiger partial charge >= 0.3 is 0 Å². The monoisotopic (exact) mass is 274 g/mol. The molecular formula is C13H10N2OS2. The van der Waals surface area contributed by atoms with E-state index in [0.29, 0.717) is 0 Å². The predicted octanol–water partition coefficient (Wildman–Crippen LogP) is 3.57. The van der Waals surface area contributed by atoms with Gasteiger partial charge in [0.25, 0.3) is 0 Å². The molecule has 5 heteroatoms. The van der Waals surface area contributed by atoms with Crippen molar-refractivity contribution in [3.8, 4) is 0 Å². The molecule has 0 aliphatic rings. The molecule has 3 rings (SSSR count). The Kier molecular flexibility index (Phi) is 2.93. The summed E-state index contributed by atoms with van der Waals surface area (Å²) in [6.45, 7) is 0. The first-order valence-corrected chi connectivity index (χ1v) is 7.12. The summed E-state index contributed by atoms with van der Waals surface area (Å²) in [6, 6.07) is 11.6. The largest absolute Gasteiger partial charge is 0.322 e. The van der Waals surface area contributed by atoms with Crippen LogP contribution in [0.25, 0.3) is 11.0 Å². The minimum Gasteiger partial charge on any atom is -0.322 e. The van der Waals surface area contributed by atoms with Crippen molar-refractivity contribution in [2.75, 3.05) is 0 Å². The molecule has 0 saturated heterocycles. The summed E-state index contributed by atoms with van der Waals surface area (Å²) in [4.78, 5) is 17.3. The standard InChI is InChI=1S/C13H10N2OS2/c1-15-10-6-3-2-5-9(10)14-13(15)18-12(16)11-7-4-8-17-11/h2-8H,1H3. The van der Waals surface area contributed by atoms with E-state index in [-0.39, 0.29) is 5.12 Å². The first-order valence-electron chi connectivity index (χ1n) is 5.43. The van der Waals surface area contributed by atoms with Gasteiger partial charge in [-0.1, -0.05) is 18.2 Å². The van der Waals surface area contributed by atoms with Gasteiger partial charge in [-0.15, -0.1) is 11.3 Å². The maximum atomic E-state index is 12.0. The smallest absolute Gasteiger partial charge is 0.236 e. The molecule has 2 heterocycles. The molecule has 0 aliphatic carbocycles. The first-order chi connectivity index (χ1) is 8.75. The van der Waals surface area contributed by atoms with E-state index in [4.69, 9.17) is 0 Å². The van der Waals surface area contributed by atoms with Gasteiger partial charge in [0.1, 0.15) is 0 Å². The average molecular weight is 274 g/mol. The summed E-state index contributed by atoms with van der Waals surface area (Å²) in [6.07, 6.45) is 0. The van der Waals surface area contributed by atoms with Gasteiger partial charge in [-0.2, -0.15) is 0 Å². The lowest BCUT2D eigenvalue weighted by Crippen LogP contribution is -1.95. The molecule has 0 unspecified atom stereocenters. The predicted molar refractivity (Wildman–Crippen MR) is 75.2 cm³/mol. The number of hydrogen-bond donors (Lipinski definition) is 0. The number of rotatable bonds is 2. The molecule has 18 heavy (non-hydrogen) atoms. The molecule has 0 saturated carbocycles. The number of carbonyl (C=O) groups excluding carboxylic acids is 1. The van der Waals surface area contributed by atoms with Crippen molar-refractivity contribution in [3.63, 3.8) is 0 Å². The molecule has 0 fully saturated rings. The fourth-order valence-electron chi connectivity index (χ4n) is 1.74. The number of thioether (sulfide) groups is 1. The van der Waals surface area contributed by atoms with Crippen LogP contribution in [0.1, 0.15) is 9.67 Å². The van der Waals surface area contributed by atoms with Crippen molar-refractivity contribution < 1.29 is 4.79 Å². The Labute approximate surface area is 112 Å². The van der Waals surface area contributed by atoms with Gasteiger partial charge in [-0.05, 0) is 35.3 Å². The highest BCUT2D eigenvalue weighted by Crippen LogP contribution is 2.27. The molecule has 0 atom stereocenters. The van der Waals surface area contributed by atoms with E-state index in [1.165, 1.54) is 23.1 Å². The fourth-order valence-corrected chi connectivity index (χ4v) is 3.28. The number of imidazole rings is 1. The fraction of sp³-hybridized carbons (Fsp3) is 0.0769. The Morgan fingerprint density at radius 2 is 2.11 bits per heavy atom. The van der Waals surface area contributed by atoms with Crippen LogP contribution >= 0.6 is 23.1 Å². The van der Waals surface area contributed by atoms with Crippen LogP contribution in [0.15, 0.2) is 46.9 Å². The molecular weight excluding hydrogens is 264 g/mol. The molecule has 0 aliphatic heterocycles. The number of para-hydroxylation sites is 2. The zero-order valence-corrected chi connectivity index (χ0v) is 11.3. The summed E-state index contributed by atoms with van der Waals surface area (Å²) in [5.74, 6) is 0. The van der Waals surface area contributed by atoms with Gasteiger partial charge in [-0.25, -0.2) is 4.98 Å². The number of hydrogen-bond acceptors (Lipinski definition) is 4. The van der Waals surface area contributed by atoms with Crippen molar-refractivity contribution in [2.24, 2.45) is 7.05 Å². The molecule has 1 aromatic carbocycles. The Bertz CT molecular complexity index is 701. The van der Waals surface area contributed by atoms with Crippen LogP contribution in [-0.2, 0) is 7.05 Å². The maximum absolute atomic E-state index is 12.0. The maximum Gasteiger partial charge on any atom is 0.236 e. The van der Waals surface area contributed by atoms with Crippen molar-refractivity contribution in [1.29, 1.82) is 0 Å². The summed E-state index contributed by atoms with van der Waals surface area (Å²) >= 11 is 2.63. The van der Waals surface area contributed by atoms with Crippen LogP contribution in [-0.4, -0.2) is 14.7 Å². The highest BCUT2D eigenvalue weighted by Gasteiger charge is 2.14. The molecule has 0 N–H and O–H groups in total. The number of fused-ring (bicyclic) bond motifs is 1. The van der Waals surface area contributed by atoms with Crippen LogP contribution in [0.4, 0.5) is 0 Å². The lowest BCUT2D eigenvalue weighted by atomic mass is 10.3. The summed E-state index contributed by atoms with van der Waals surface area (Å²) in [5, 5.41) is 2.68. The molecule has 3 aromatic rings. The van der Waals surface area contributed by atoms with Gasteiger partial charge < -0.3 is 4.57 Å². The molecule has 0 amide bonds. The lowest BCUT2D eigenvalue weighted by molar-refractivity contribution is 0.109. The third-order valence-electron chi connectivity index (χ3n) is 2.65. The quantitative estimate of drug-likeness (QED) is 0.670. The van der Waals surface area contributed by atoms with E-state index in [1.54, 1.807) is 0 Å². The highest BCUT2D eigenvalue weighted by molar-refractivity contribution is 8.14. The Hall–Kier alpha value is -1.59. The topological polar surface area (TPSA) is 34.9 Å². The number of benzene rings is 1. The number of nitrogens with zero attached hydrogens (tertiary/aromatic N) is 2. The minimum absolute atomic E-state index is 0.0448. The molecule has 0 bridgehead atoms. The molecule has 0 radical (unpaired) electrons. The Morgan fingerprint density at radius 1 is 1.28 bits per heavy atom. The SMILES string of the molecule is Cn1c(SC(=O)c2cccs2)nc2ccccc21. The van der Waals surface area contributed by atoms with Crippen molar-refractivity contribution in [1.82, 2.24) is 9.55 Å². The Morgan fingerprint density at radius 3 is 2.83 bits per heavy atom. The number of carbonyl (C=O) groups is 1. The summed E-state index contributed by atoms with van der Waals surface area (Å²) in [7, 11) is 1.93. The van der Waals surface area contributed by atoms with E-state index in [2.05, 4.69) is 4.98 Å². The Balaban J connectivity index is 1.96. The van der Waals surface area contributed by atoms with E-state index in [0.717, 1.165) is 21.1 Å². The van der Waals surface area contributed by atoms with Crippen LogP contribution in [0, 0.1) is 0 Å². The third kappa shape index (κ3) is 1.95. The minimum atomic E-state index is 0.0448. The number of aryl methyl sites for hydroxylation is 1. The second-order valence-corrected chi connectivity index (χ2v) is 5.70. The van der Waals surface area contributed by atoms with E-state index < -0.39 is 0 Å². The van der Waals surface area contributed by atoms with E-state index in [9.17, 15) is 4.79 Å². The number of aromatic nitrogens is 2. The second kappa shape index (κ2) is 4.59. The van der Waals surface area contributed by atoms with Crippen molar-refractivity contribution in [3.05, 3.63) is 46.7 Å². The molecule has 2 aromatic heterocycles. The molecule has 90 valence electrons. The van der Waals surface area contributed by atoms with Gasteiger partial charge in [0.2, 0.25) is 5.12 Å². The third-order valence-corrected chi connectivity index (χ3v) is 4.60. The average Bonchev–Trinajstić information content (AvgIpc) is 3.00. The van der Waals surface area contributed by atoms with Gasteiger partial charge in [0, 0.05) is 7.05 Å². The first kappa shape index (κ1) is 11.5. The van der Waals surface area contributed by atoms with Crippen molar-refractivity contribution in [2.45, 2.75) is 5.16 Å². The van der Waals surface area contributed by atoms with Gasteiger partial charge in [0.15, 0.2) is 5.16 Å². The zero-order chi connectivity index (χ0) is 12.5. The summed E-state index contributed by atoms with van der Waals surface area (Å²) in [5.41, 5.74) is 1.96. The van der Waals surface area contributed by atoms with Crippen LogP contribution in [0.2, 0.25) is 0 Å².